The first kappa shape index (κ1) is 116. The van der Waals surface area contributed by atoms with Gasteiger partial charge in [-0.25, -0.2) is 0 Å². The Kier molecular flexibility index (Phi) is 31.1. The first-order valence-corrected chi connectivity index (χ1v) is 34.5. The van der Waals surface area contributed by atoms with Gasteiger partial charge in [0, 0.05) is 0 Å². The molecule has 139 heavy (non-hydrogen) atoms. The summed E-state index contributed by atoms with van der Waals surface area (Å²) >= 11 is 0. The van der Waals surface area contributed by atoms with Gasteiger partial charge in [0.1, 0.15) is 0 Å². The van der Waals surface area contributed by atoms with E-state index in [1.807, 2.05) is 0 Å². The average Bonchev–Trinajstić information content (AvgIpc) is 0.723. The van der Waals surface area contributed by atoms with Crippen LogP contribution >= 0.6 is 0 Å². The fraction of sp³-hybridized carbons (Fsp3) is 0.269. The van der Waals surface area contributed by atoms with Gasteiger partial charge in [-0.05, 0) is 214 Å². The summed E-state index contributed by atoms with van der Waals surface area (Å²) in [6.07, 6.45) is -106. The third kappa shape index (κ3) is 25.6. The normalized spacial score (nSPS) is 13.9. The maximum Gasteiger partial charge on any atom is 3.00 e. The van der Waals surface area contributed by atoms with Crippen LogP contribution in [0.4, 0.5) is 237 Å². The summed E-state index contributed by atoms with van der Waals surface area (Å²) in [5.74, 6) is -9.92. The summed E-state index contributed by atoms with van der Waals surface area (Å²) in [7, 11) is 0. The van der Waals surface area contributed by atoms with Crippen molar-refractivity contribution in [3.8, 4) is 0 Å². The minimum atomic E-state index is -5.91. The monoisotopic (exact) mass is 2290 g/mol. The molecule has 0 saturated carbocycles. The Hall–Kier alpha value is -11.5. The Labute approximate surface area is 750 Å². The number of hydrogen-bond acceptors (Lipinski definition) is 6. The molecule has 2 radical (unpaired) electrons. The minimum absolute atomic E-state index is 0. The number of hydrogen-bond donors (Lipinski definition) is 0. The zero-order valence-electron chi connectivity index (χ0n) is 64.4. The summed E-state index contributed by atoms with van der Waals surface area (Å²) in [5.41, 5.74) is -78.0. The van der Waals surface area contributed by atoms with Gasteiger partial charge in [0.2, 0.25) is 0 Å². The number of halogens is 54. The van der Waals surface area contributed by atoms with Crippen LogP contribution in [0.15, 0.2) is 164 Å². The van der Waals surface area contributed by atoms with E-state index in [0.717, 1.165) is 0 Å². The molecule has 0 fully saturated rings. The summed E-state index contributed by atoms with van der Waals surface area (Å²) in [6, 6.07) is -17.2. The molecule has 0 spiro atoms. The van der Waals surface area contributed by atoms with Gasteiger partial charge < -0.3 is 29.7 Å². The van der Waals surface area contributed by atoms with Gasteiger partial charge in [-0.1, -0.05) is 0 Å². The van der Waals surface area contributed by atoms with Crippen molar-refractivity contribution in [3.05, 3.63) is 314 Å². The zero-order chi connectivity index (χ0) is 107. The second kappa shape index (κ2) is 37.2. The van der Waals surface area contributed by atoms with Crippen molar-refractivity contribution in [1.82, 2.24) is 0 Å². The largest absolute Gasteiger partial charge is 3.00 e. The number of carbonyl (C=O) groups is 3. The molecule has 0 aliphatic rings. The molecule has 0 heterocycles. The van der Waals surface area contributed by atoms with E-state index in [4.69, 9.17) is 0 Å². The van der Waals surface area contributed by atoms with Crippen molar-refractivity contribution in [2.45, 2.75) is 127 Å². The third-order valence-corrected chi connectivity index (χ3v) is 19.1. The van der Waals surface area contributed by atoms with E-state index < -0.39 is 459 Å². The van der Waals surface area contributed by atoms with Crippen LogP contribution in [0, 0.1) is 0 Å². The van der Waals surface area contributed by atoms with Gasteiger partial charge in [-0.2, -0.15) is 237 Å². The van der Waals surface area contributed by atoms with Gasteiger partial charge in [-0.3, -0.25) is 0 Å². The smallest absolute Gasteiger partial charge is 0.548 e. The maximum atomic E-state index is 13.7. The summed E-state index contributed by atoms with van der Waals surface area (Å²) < 4.78 is 739. The number of carbonyl (C=O) groups excluding carboxylic acids is 3. The number of carboxylic acids is 3. The summed E-state index contributed by atoms with van der Waals surface area (Å²) in [4.78, 5) is 38.4. The maximum absolute atomic E-state index is 13.7. The standard InChI is InChI=1S/3C26H10F18O2.Bi/c3*27-21(28,29)13-1-10(2-14(7-13)22(30,31)32)20(19(45)46,11-3-15(23(33,34)35)8-16(4-11)24(36,37)38)12-5-17(25(39,40)41)9-18(6-12)26(42,43)44;/h3*1-9H,(H,45,46);/q;;;+3/p-3. The molecule has 0 aliphatic carbocycles. The number of rotatable bonds is 12. The fourth-order valence-electron chi connectivity index (χ4n) is 13.1. The molecule has 9 rings (SSSR count). The quantitative estimate of drug-likeness (QED) is 0.0682. The van der Waals surface area contributed by atoms with Crippen LogP contribution in [0.2, 0.25) is 0 Å². The average molecular weight is 2290 g/mol. The number of benzene rings is 9. The molecule has 6 nitrogen and oxygen atoms in total. The Bertz CT molecular complexity index is 4650. The van der Waals surface area contributed by atoms with E-state index in [1.54, 1.807) is 0 Å². The van der Waals surface area contributed by atoms with Crippen LogP contribution in [-0.4, -0.2) is 44.1 Å². The molecule has 0 unspecified atom stereocenters. The van der Waals surface area contributed by atoms with Crippen LogP contribution in [-0.2, 0) is 142 Å². The third-order valence-electron chi connectivity index (χ3n) is 19.1. The van der Waals surface area contributed by atoms with Gasteiger partial charge in [0.25, 0.3) is 0 Å². The number of alkyl halides is 54. The molecular formula is C78H27BiF54O6. The van der Waals surface area contributed by atoms with Crippen molar-refractivity contribution >= 4 is 44.1 Å². The second-order valence-electron chi connectivity index (χ2n) is 28.3. The van der Waals surface area contributed by atoms with Gasteiger partial charge in [-0.15, -0.1) is 0 Å². The molecular weight excluding hydrogens is 2270 g/mol. The Balaban J connectivity index is 0.000000319. The molecule has 0 amide bonds. The van der Waals surface area contributed by atoms with Crippen molar-refractivity contribution in [2.24, 2.45) is 0 Å². The second-order valence-corrected chi connectivity index (χ2v) is 28.3. The van der Waals surface area contributed by atoms with Crippen molar-refractivity contribution in [1.29, 1.82) is 0 Å². The molecule has 0 N–H and O–H groups in total. The summed E-state index contributed by atoms with van der Waals surface area (Å²) in [6.45, 7) is 0. The van der Waals surface area contributed by atoms with Crippen LogP contribution in [0.1, 0.15) is 150 Å². The van der Waals surface area contributed by atoms with Crippen molar-refractivity contribution in [3.63, 3.8) is 0 Å². The van der Waals surface area contributed by atoms with E-state index in [-0.39, 0.29) is 26.2 Å². The van der Waals surface area contributed by atoms with Gasteiger partial charge in [0.15, 0.2) is 0 Å². The van der Waals surface area contributed by atoms with E-state index in [9.17, 15) is 267 Å². The van der Waals surface area contributed by atoms with Gasteiger partial charge in [0.05, 0.1) is 134 Å². The van der Waals surface area contributed by atoms with Crippen molar-refractivity contribution < 1.29 is 267 Å². The van der Waals surface area contributed by atoms with Crippen LogP contribution < -0.4 is 15.3 Å². The predicted octanol–water partition coefficient (Wildman–Crippen LogP) is 26.3. The van der Waals surface area contributed by atoms with Crippen molar-refractivity contribution in [2.75, 3.05) is 0 Å². The first-order valence-electron chi connectivity index (χ1n) is 34.5. The van der Waals surface area contributed by atoms with Crippen LogP contribution in [0.5, 0.6) is 0 Å². The Morgan fingerprint density at radius 2 is 0.158 bits per heavy atom. The Morgan fingerprint density at radius 1 is 0.115 bits per heavy atom. The fourth-order valence-corrected chi connectivity index (χ4v) is 13.1. The predicted molar refractivity (Wildman–Crippen MR) is 348 cm³/mol. The molecule has 0 atom stereocenters. The van der Waals surface area contributed by atoms with E-state index in [2.05, 4.69) is 0 Å². The minimum Gasteiger partial charge on any atom is -0.548 e. The van der Waals surface area contributed by atoms with E-state index >= 15 is 0 Å². The molecule has 0 aliphatic heterocycles. The molecule has 0 bridgehead atoms. The summed E-state index contributed by atoms with van der Waals surface area (Å²) in [5, 5.41) is 38.4. The van der Waals surface area contributed by atoms with E-state index in [0.29, 0.717) is 0 Å². The van der Waals surface area contributed by atoms with Crippen LogP contribution in [0.25, 0.3) is 0 Å². The first-order chi connectivity index (χ1) is 61.2. The Morgan fingerprint density at radius 3 is 0.194 bits per heavy atom. The molecule has 9 aromatic rings. The van der Waals surface area contributed by atoms with Crippen LogP contribution in [0.3, 0.4) is 0 Å². The number of aliphatic carboxylic acids is 3. The van der Waals surface area contributed by atoms with Gasteiger partial charge >= 0.3 is 137 Å². The zero-order valence-corrected chi connectivity index (χ0v) is 67.9. The molecule has 9 aromatic carbocycles. The molecule has 61 heteroatoms. The molecule has 0 aromatic heterocycles. The number of carboxylic acid groups (broad SMARTS) is 3. The topological polar surface area (TPSA) is 120 Å². The SMILES string of the molecule is O=C([O-])C(c1cc(C(F)(F)F)cc(C(F)(F)F)c1)(c1cc(C(F)(F)F)cc(C(F)(F)F)c1)c1cc(C(F)(F)F)cc(C(F)(F)F)c1.O=C([O-])C(c1cc(C(F)(F)F)cc(C(F)(F)F)c1)(c1cc(C(F)(F)F)cc(C(F)(F)F)c1)c1cc(C(F)(F)F)cc(C(F)(F)F)c1.O=C([O-])C(c1cc(C(F)(F)F)cc(C(F)(F)F)c1)(c1cc(C(F)(F)F)cc(C(F)(F)F)c1)c1cc(C(F)(F)F)cc(C(F)(F)F)c1.[Bi+3]. The molecule has 0 saturated heterocycles. The van der Waals surface area contributed by atoms with E-state index in [1.165, 1.54) is 0 Å². The molecule has 758 valence electrons.